The van der Waals surface area contributed by atoms with Crippen LogP contribution < -0.4 is 10.2 Å². The molecular formula is C21H28FN3O5. The number of amides is 3. The number of nitrogens with one attached hydrogen (secondary N) is 1. The molecule has 3 amide bonds. The van der Waals surface area contributed by atoms with Gasteiger partial charge in [0.05, 0.1) is 24.7 Å². The molecule has 2 heterocycles. The number of rotatable bonds is 4. The number of cyclic esters (lactones) is 1. The summed E-state index contributed by atoms with van der Waals surface area (Å²) < 4.78 is 24.4. The SMILES string of the molecule is Cc1ccc(N2C[C@@H](CNC(=O)C3CCN(C(=O)OC(C)(C)C)C3)OC2=O)cc1F. The number of halogens is 1. The van der Waals surface area contributed by atoms with E-state index in [1.807, 2.05) is 0 Å². The predicted octanol–water partition coefficient (Wildman–Crippen LogP) is 2.83. The highest BCUT2D eigenvalue weighted by molar-refractivity contribution is 5.90. The van der Waals surface area contributed by atoms with E-state index in [1.54, 1.807) is 39.8 Å². The summed E-state index contributed by atoms with van der Waals surface area (Å²) in [5, 5.41) is 2.79. The lowest BCUT2D eigenvalue weighted by atomic mass is 10.1. The molecule has 0 aromatic heterocycles. The summed E-state index contributed by atoms with van der Waals surface area (Å²) in [5.74, 6) is -0.929. The average Bonchev–Trinajstić information content (AvgIpc) is 3.28. The van der Waals surface area contributed by atoms with Crippen LogP contribution >= 0.6 is 0 Å². The highest BCUT2D eigenvalue weighted by Crippen LogP contribution is 2.24. The van der Waals surface area contributed by atoms with Gasteiger partial charge in [-0.25, -0.2) is 14.0 Å². The van der Waals surface area contributed by atoms with Crippen LogP contribution in [0.4, 0.5) is 19.7 Å². The summed E-state index contributed by atoms with van der Waals surface area (Å²) in [6.07, 6.45) is -0.989. The first-order valence-electron chi connectivity index (χ1n) is 10.0. The molecule has 9 heteroatoms. The van der Waals surface area contributed by atoms with Crippen molar-refractivity contribution in [1.82, 2.24) is 10.2 Å². The van der Waals surface area contributed by atoms with Crippen LogP contribution in [-0.4, -0.2) is 60.9 Å². The minimum Gasteiger partial charge on any atom is -0.444 e. The van der Waals surface area contributed by atoms with Crippen molar-refractivity contribution in [2.45, 2.75) is 45.8 Å². The predicted molar refractivity (Wildman–Crippen MR) is 108 cm³/mol. The van der Waals surface area contributed by atoms with E-state index in [0.29, 0.717) is 30.8 Å². The van der Waals surface area contributed by atoms with Crippen LogP contribution in [0.5, 0.6) is 0 Å². The Balaban J connectivity index is 1.48. The Kier molecular flexibility index (Phi) is 6.19. The Hall–Kier alpha value is -2.84. The number of nitrogens with zero attached hydrogens (tertiary/aromatic N) is 2. The lowest BCUT2D eigenvalue weighted by Gasteiger charge is -2.24. The molecule has 8 nitrogen and oxygen atoms in total. The molecule has 1 unspecified atom stereocenters. The van der Waals surface area contributed by atoms with Gasteiger partial charge in [-0.2, -0.15) is 0 Å². The smallest absolute Gasteiger partial charge is 0.414 e. The summed E-state index contributed by atoms with van der Waals surface area (Å²) >= 11 is 0. The van der Waals surface area contributed by atoms with Gasteiger partial charge in [0.1, 0.15) is 17.5 Å². The lowest BCUT2D eigenvalue weighted by Crippen LogP contribution is -2.40. The van der Waals surface area contributed by atoms with Crippen molar-refractivity contribution in [3.8, 4) is 0 Å². The molecule has 1 aromatic carbocycles. The van der Waals surface area contributed by atoms with Crippen molar-refractivity contribution in [3.05, 3.63) is 29.6 Å². The Morgan fingerprint density at radius 2 is 2.03 bits per heavy atom. The molecule has 2 atom stereocenters. The number of benzene rings is 1. The summed E-state index contributed by atoms with van der Waals surface area (Å²) in [4.78, 5) is 39.6. The molecule has 30 heavy (non-hydrogen) atoms. The molecule has 1 N–H and O–H groups in total. The number of hydrogen-bond acceptors (Lipinski definition) is 5. The number of carbonyl (C=O) groups is 3. The molecule has 0 spiro atoms. The van der Waals surface area contributed by atoms with E-state index >= 15 is 0 Å². The van der Waals surface area contributed by atoms with Crippen molar-refractivity contribution in [2.24, 2.45) is 5.92 Å². The third kappa shape index (κ3) is 5.20. The summed E-state index contributed by atoms with van der Waals surface area (Å²) in [7, 11) is 0. The molecule has 0 bridgehead atoms. The number of hydrogen-bond donors (Lipinski definition) is 1. The second-order valence-corrected chi connectivity index (χ2v) is 8.71. The zero-order valence-electron chi connectivity index (χ0n) is 17.7. The van der Waals surface area contributed by atoms with Crippen LogP contribution in [0.15, 0.2) is 18.2 Å². The third-order valence-corrected chi connectivity index (χ3v) is 5.06. The van der Waals surface area contributed by atoms with Crippen molar-refractivity contribution >= 4 is 23.8 Å². The Bertz CT molecular complexity index is 838. The van der Waals surface area contributed by atoms with Crippen LogP contribution in [0.1, 0.15) is 32.8 Å². The van der Waals surface area contributed by atoms with Crippen LogP contribution in [-0.2, 0) is 14.3 Å². The maximum atomic E-state index is 13.8. The molecule has 164 valence electrons. The number of ether oxygens (including phenoxy) is 2. The van der Waals surface area contributed by atoms with Crippen molar-refractivity contribution in [2.75, 3.05) is 31.1 Å². The number of aryl methyl sites for hydroxylation is 1. The van der Waals surface area contributed by atoms with Crippen LogP contribution in [0.3, 0.4) is 0 Å². The molecule has 2 aliphatic rings. The highest BCUT2D eigenvalue weighted by atomic mass is 19.1. The van der Waals surface area contributed by atoms with Gasteiger partial charge < -0.3 is 19.7 Å². The van der Waals surface area contributed by atoms with Crippen molar-refractivity contribution in [3.63, 3.8) is 0 Å². The monoisotopic (exact) mass is 421 g/mol. The molecule has 0 aliphatic carbocycles. The van der Waals surface area contributed by atoms with Gasteiger partial charge in [0.2, 0.25) is 5.91 Å². The first-order valence-corrected chi connectivity index (χ1v) is 10.0. The lowest BCUT2D eigenvalue weighted by molar-refractivity contribution is -0.124. The number of anilines is 1. The largest absolute Gasteiger partial charge is 0.444 e. The summed E-state index contributed by atoms with van der Waals surface area (Å²) in [6.45, 7) is 8.15. The third-order valence-electron chi connectivity index (χ3n) is 5.06. The van der Waals surface area contributed by atoms with Crippen molar-refractivity contribution in [1.29, 1.82) is 0 Å². The quantitative estimate of drug-likeness (QED) is 0.808. The van der Waals surface area contributed by atoms with Crippen LogP contribution in [0.2, 0.25) is 0 Å². The van der Waals surface area contributed by atoms with Gasteiger partial charge in [0.15, 0.2) is 0 Å². The van der Waals surface area contributed by atoms with E-state index in [2.05, 4.69) is 5.32 Å². The topological polar surface area (TPSA) is 88.2 Å². The molecule has 0 radical (unpaired) electrons. The Labute approximate surface area is 175 Å². The molecule has 1 aromatic rings. The average molecular weight is 421 g/mol. The maximum absolute atomic E-state index is 13.8. The Morgan fingerprint density at radius 1 is 1.30 bits per heavy atom. The highest BCUT2D eigenvalue weighted by Gasteiger charge is 2.36. The minimum absolute atomic E-state index is 0.151. The number of carbonyl (C=O) groups excluding carboxylic acids is 3. The van der Waals surface area contributed by atoms with E-state index in [-0.39, 0.29) is 24.9 Å². The van der Waals surface area contributed by atoms with Crippen molar-refractivity contribution < 1.29 is 28.2 Å². The van der Waals surface area contributed by atoms with E-state index in [4.69, 9.17) is 9.47 Å². The second-order valence-electron chi connectivity index (χ2n) is 8.71. The van der Waals surface area contributed by atoms with Gasteiger partial charge in [-0.3, -0.25) is 9.69 Å². The normalized spacial score (nSPS) is 21.6. The van der Waals surface area contributed by atoms with Gasteiger partial charge in [-0.1, -0.05) is 6.07 Å². The zero-order valence-corrected chi connectivity index (χ0v) is 17.7. The van der Waals surface area contributed by atoms with Gasteiger partial charge in [-0.05, 0) is 51.8 Å². The molecule has 2 aliphatic heterocycles. The fourth-order valence-electron chi connectivity index (χ4n) is 3.41. The van der Waals surface area contributed by atoms with E-state index < -0.39 is 29.7 Å². The first-order chi connectivity index (χ1) is 14.0. The maximum Gasteiger partial charge on any atom is 0.414 e. The Morgan fingerprint density at radius 3 is 2.70 bits per heavy atom. The first kappa shape index (κ1) is 21.9. The summed E-state index contributed by atoms with van der Waals surface area (Å²) in [5.41, 5.74) is 0.323. The summed E-state index contributed by atoms with van der Waals surface area (Å²) in [6, 6.07) is 4.55. The molecule has 2 fully saturated rings. The fourth-order valence-corrected chi connectivity index (χ4v) is 3.41. The van der Waals surface area contributed by atoms with Gasteiger partial charge in [-0.15, -0.1) is 0 Å². The molecule has 0 saturated carbocycles. The minimum atomic E-state index is -0.587. The van der Waals surface area contributed by atoms with Gasteiger partial charge in [0.25, 0.3) is 0 Å². The molecular weight excluding hydrogens is 393 g/mol. The molecule has 2 saturated heterocycles. The second kappa shape index (κ2) is 8.49. The van der Waals surface area contributed by atoms with E-state index in [0.717, 1.165) is 0 Å². The van der Waals surface area contributed by atoms with E-state index in [9.17, 15) is 18.8 Å². The van der Waals surface area contributed by atoms with Gasteiger partial charge in [0, 0.05) is 13.1 Å². The van der Waals surface area contributed by atoms with Crippen LogP contribution in [0, 0.1) is 18.7 Å². The van der Waals surface area contributed by atoms with Gasteiger partial charge >= 0.3 is 12.2 Å². The van der Waals surface area contributed by atoms with Crippen LogP contribution in [0.25, 0.3) is 0 Å². The fraction of sp³-hybridized carbons (Fsp3) is 0.571. The molecule has 3 rings (SSSR count). The standard InChI is InChI=1S/C21H28FN3O5/c1-13-5-6-15(9-17(13)22)25-12-16(29-20(25)28)10-23-18(26)14-7-8-24(11-14)19(27)30-21(2,3)4/h5-6,9,14,16H,7-8,10-12H2,1-4H3,(H,23,26)/t14?,16-/m1/s1. The number of likely N-dealkylation sites (tertiary alicyclic amines) is 1. The van der Waals surface area contributed by atoms with E-state index in [1.165, 1.54) is 15.9 Å². The zero-order chi connectivity index (χ0) is 22.1.